The summed E-state index contributed by atoms with van der Waals surface area (Å²) in [5.74, 6) is -3.56. The second kappa shape index (κ2) is 15.8. The predicted octanol–water partition coefficient (Wildman–Crippen LogP) is 1.87. The number of pyridine rings is 1. The summed E-state index contributed by atoms with van der Waals surface area (Å²) in [5.41, 5.74) is -0.618. The Morgan fingerprint density at radius 1 is 1.11 bits per heavy atom. The van der Waals surface area contributed by atoms with Crippen LogP contribution < -0.4 is 29.7 Å². The normalized spacial score (nSPS) is 29.6. The maximum atomic E-state index is 14.9. The molecule has 0 radical (unpaired) electrons. The van der Waals surface area contributed by atoms with Crippen molar-refractivity contribution in [1.29, 1.82) is 0 Å². The van der Waals surface area contributed by atoms with Gasteiger partial charge in [-0.2, -0.15) is 0 Å². The number of benzene rings is 1. The highest BCUT2D eigenvalue weighted by molar-refractivity contribution is 7.91. The number of nitrogens with one attached hydrogen (secondary N) is 3. The van der Waals surface area contributed by atoms with Crippen molar-refractivity contribution in [3.05, 3.63) is 36.5 Å². The number of anilines is 1. The highest BCUT2D eigenvalue weighted by atomic mass is 32.2. The molecule has 3 aliphatic heterocycles. The second-order valence-corrected chi connectivity index (χ2v) is 18.5. The van der Waals surface area contributed by atoms with Crippen LogP contribution >= 0.6 is 0 Å². The summed E-state index contributed by atoms with van der Waals surface area (Å²) in [6.45, 7) is 5.16. The number of amides is 5. The molecule has 2 aliphatic carbocycles. The average Bonchev–Trinajstić information content (AvgIpc) is 4.11. The smallest absolute Gasteiger partial charge is 0.311 e. The van der Waals surface area contributed by atoms with Gasteiger partial charge in [-0.05, 0) is 68.6 Å². The number of carbonyl (C=O) groups excluding carboxylic acids is 5. The Morgan fingerprint density at radius 2 is 1.88 bits per heavy atom. The quantitative estimate of drug-likeness (QED) is 0.273. The van der Waals surface area contributed by atoms with Gasteiger partial charge >= 0.3 is 11.8 Å². The Labute approximate surface area is 333 Å². The van der Waals surface area contributed by atoms with Crippen LogP contribution in [0.3, 0.4) is 0 Å². The molecule has 17 heteroatoms. The van der Waals surface area contributed by atoms with Gasteiger partial charge in [-0.25, -0.2) is 13.4 Å². The number of hydrogen-bond acceptors (Lipinski definition) is 11. The molecule has 3 N–H and O–H groups in total. The van der Waals surface area contributed by atoms with Crippen LogP contribution in [0.4, 0.5) is 5.69 Å². The van der Waals surface area contributed by atoms with E-state index >= 15 is 0 Å². The van der Waals surface area contributed by atoms with E-state index in [-0.39, 0.29) is 37.1 Å². The summed E-state index contributed by atoms with van der Waals surface area (Å²) in [7, 11) is 0.962. The molecule has 57 heavy (non-hydrogen) atoms. The first-order valence-electron chi connectivity index (χ1n) is 19.9. The van der Waals surface area contributed by atoms with Crippen LogP contribution in [0.15, 0.2) is 36.5 Å². The van der Waals surface area contributed by atoms with Crippen molar-refractivity contribution in [1.82, 2.24) is 30.1 Å². The van der Waals surface area contributed by atoms with E-state index in [9.17, 15) is 32.4 Å². The van der Waals surface area contributed by atoms with Crippen molar-refractivity contribution in [2.75, 3.05) is 45.7 Å². The molecule has 1 saturated heterocycles. The number of allylic oxidation sites excluding steroid dienone is 1. The van der Waals surface area contributed by atoms with E-state index in [0.29, 0.717) is 49.8 Å². The third-order valence-corrected chi connectivity index (χ3v) is 13.9. The molecule has 4 heterocycles. The van der Waals surface area contributed by atoms with E-state index < -0.39 is 74.5 Å². The molecule has 0 bridgehead atoms. The molecule has 3 fully saturated rings. The largest absolute Gasteiger partial charge is 0.489 e. The number of carbonyl (C=O) groups is 5. The van der Waals surface area contributed by atoms with Crippen LogP contribution in [0.5, 0.6) is 11.6 Å². The van der Waals surface area contributed by atoms with E-state index in [2.05, 4.69) is 32.2 Å². The minimum Gasteiger partial charge on any atom is -0.489 e. The lowest BCUT2D eigenvalue weighted by Gasteiger charge is -2.34. The van der Waals surface area contributed by atoms with Gasteiger partial charge in [0.1, 0.15) is 30.3 Å². The molecule has 1 aromatic heterocycles. The van der Waals surface area contributed by atoms with Crippen molar-refractivity contribution >= 4 is 56.0 Å². The first-order valence-corrected chi connectivity index (χ1v) is 21.5. The monoisotopic (exact) mass is 807 g/mol. The first-order chi connectivity index (χ1) is 27.1. The van der Waals surface area contributed by atoms with Gasteiger partial charge < -0.3 is 34.8 Å². The number of fused-ring (bicyclic) bond motifs is 5. The Balaban J connectivity index is 1.24. The predicted molar refractivity (Wildman–Crippen MR) is 211 cm³/mol. The van der Waals surface area contributed by atoms with Crippen molar-refractivity contribution in [2.45, 2.75) is 94.2 Å². The maximum absolute atomic E-state index is 14.9. The van der Waals surface area contributed by atoms with Gasteiger partial charge in [0.05, 0.1) is 24.0 Å². The van der Waals surface area contributed by atoms with Gasteiger partial charge in [0.25, 0.3) is 5.91 Å². The van der Waals surface area contributed by atoms with Gasteiger partial charge in [-0.3, -0.25) is 28.7 Å². The fraction of sp³-hybridized carbons (Fsp3) is 0.600. The summed E-state index contributed by atoms with van der Waals surface area (Å²) >= 11 is 0. The number of likely N-dealkylation sites (N-methyl/N-ethyl adjacent to an activating group) is 2. The lowest BCUT2D eigenvalue weighted by Crippen LogP contribution is -2.60. The lowest BCUT2D eigenvalue weighted by molar-refractivity contribution is -0.148. The number of rotatable bonds is 7. The number of nitrogens with zero attached hydrogens (tertiary/aromatic N) is 4. The Kier molecular flexibility index (Phi) is 11.2. The first kappa shape index (κ1) is 40.3. The summed E-state index contributed by atoms with van der Waals surface area (Å²) < 4.78 is 40.7. The molecule has 308 valence electrons. The molecule has 16 nitrogen and oxygen atoms in total. The fourth-order valence-corrected chi connectivity index (χ4v) is 9.78. The fourth-order valence-electron chi connectivity index (χ4n) is 8.42. The summed E-state index contributed by atoms with van der Waals surface area (Å²) in [5, 5.41) is 6.44. The zero-order valence-corrected chi connectivity index (χ0v) is 34.0. The summed E-state index contributed by atoms with van der Waals surface area (Å²) in [4.78, 5) is 78.6. The Hall–Kier alpha value is -4.93. The molecule has 0 unspecified atom stereocenters. The average molecular weight is 808 g/mol. The van der Waals surface area contributed by atoms with Crippen LogP contribution in [0, 0.1) is 17.8 Å². The molecule has 1 aromatic carbocycles. The minimum atomic E-state index is -3.92. The third-order valence-electron chi connectivity index (χ3n) is 12.1. The minimum absolute atomic E-state index is 0.00286. The van der Waals surface area contributed by atoms with Crippen molar-refractivity contribution in [2.24, 2.45) is 17.8 Å². The van der Waals surface area contributed by atoms with E-state index in [0.717, 1.165) is 28.9 Å². The third kappa shape index (κ3) is 8.12. The summed E-state index contributed by atoms with van der Waals surface area (Å²) in [6, 6.07) is 3.34. The van der Waals surface area contributed by atoms with Gasteiger partial charge in [-0.15, -0.1) is 0 Å². The number of ether oxygens (including phenoxy) is 2. The van der Waals surface area contributed by atoms with Crippen molar-refractivity contribution in [3.63, 3.8) is 0 Å². The van der Waals surface area contributed by atoms with Crippen LogP contribution in [0.25, 0.3) is 10.8 Å². The molecule has 2 aromatic rings. The molecule has 7 rings (SSSR count). The molecule has 5 aliphatic rings. The molecular weight excluding hydrogens is 755 g/mol. The topological polar surface area (TPSA) is 197 Å². The molecule has 5 amide bonds. The zero-order valence-electron chi connectivity index (χ0n) is 33.2. The molecular formula is C40H53N7O9S. The highest BCUT2D eigenvalue weighted by Crippen LogP contribution is 2.46. The second-order valence-electron chi connectivity index (χ2n) is 16.5. The van der Waals surface area contributed by atoms with Gasteiger partial charge in [0, 0.05) is 50.5 Å². The van der Waals surface area contributed by atoms with Gasteiger partial charge in [0.2, 0.25) is 27.7 Å². The van der Waals surface area contributed by atoms with Crippen molar-refractivity contribution < 1.29 is 41.9 Å². The van der Waals surface area contributed by atoms with Crippen LogP contribution in [0.1, 0.15) is 65.2 Å². The van der Waals surface area contributed by atoms with Crippen LogP contribution in [-0.4, -0.2) is 123 Å². The van der Waals surface area contributed by atoms with Crippen LogP contribution in [0.2, 0.25) is 0 Å². The van der Waals surface area contributed by atoms with Crippen molar-refractivity contribution in [3.8, 4) is 11.6 Å². The Morgan fingerprint density at radius 3 is 2.60 bits per heavy atom. The SMILES string of the molecule is CC[C@@H]1C[C@@H](C)CC/C=C\[C@@H]2C[C@@]2(C(=O)NS(=O)(=O)C2CC2)NC(=O)[C@@H]2C[C@@H](Oc3nccc4c5c(ccc34)N(C)CCO5)CN2C(=O)[C@H]1NC(=O)C(=O)N(C)C. The van der Waals surface area contributed by atoms with Crippen LogP contribution in [-0.2, 0) is 34.0 Å². The zero-order chi connectivity index (χ0) is 40.8. The number of aromatic nitrogens is 1. The van der Waals surface area contributed by atoms with E-state index in [1.165, 1.54) is 19.0 Å². The summed E-state index contributed by atoms with van der Waals surface area (Å²) in [6.07, 6.45) is 8.20. The van der Waals surface area contributed by atoms with Gasteiger partial charge in [-0.1, -0.05) is 32.4 Å². The van der Waals surface area contributed by atoms with Gasteiger partial charge in [0.15, 0.2) is 5.75 Å². The van der Waals surface area contributed by atoms with E-state index in [1.807, 2.05) is 44.3 Å². The standard InChI is InChI=1S/C40H53N7O9S/c1-6-24-19-23(2)9-7-8-10-25-21-40(25,39(52)44-57(53,54)27-11-12-27)43-34(48)31-20-26(22-47(31)37(50)32(24)42-35(49)38(51)45(3)4)56-36-29-13-14-30-33(28(29)15-16-41-36)55-18-17-46(30)5/h8,10,13-16,23-27,31-32H,6-7,9,11-12,17-22H2,1-5H3,(H,42,49)(H,43,48)(H,44,52)/b10-8-/t23-,24+,25+,26+,31-,32-,40+/m0/s1. The number of hydrogen-bond donors (Lipinski definition) is 3. The highest BCUT2D eigenvalue weighted by Gasteiger charge is 2.62. The van der Waals surface area contributed by atoms with E-state index in [4.69, 9.17) is 9.47 Å². The Bertz CT molecular complexity index is 2090. The number of sulfonamides is 1. The lowest BCUT2D eigenvalue weighted by atomic mass is 9.84. The van der Waals surface area contributed by atoms with E-state index in [1.54, 1.807) is 6.20 Å². The molecule has 0 spiro atoms. The molecule has 7 atom stereocenters. The maximum Gasteiger partial charge on any atom is 0.311 e. The molecule has 2 saturated carbocycles.